The van der Waals surface area contributed by atoms with Gasteiger partial charge in [-0.15, -0.1) is 11.3 Å². The number of hydrogen-bond acceptors (Lipinski definition) is 5. The summed E-state index contributed by atoms with van der Waals surface area (Å²) < 4.78 is 14.7. The average molecular weight is 407 g/mol. The zero-order valence-corrected chi connectivity index (χ0v) is 16.9. The number of aryl methyl sites for hydroxylation is 2. The number of aromatic nitrogens is 2. The molecule has 0 amide bonds. The summed E-state index contributed by atoms with van der Waals surface area (Å²) >= 11 is 7.70. The fourth-order valence-corrected chi connectivity index (χ4v) is 5.12. The molecule has 142 valence electrons. The number of halogens is 2. The van der Waals surface area contributed by atoms with Gasteiger partial charge in [0.2, 0.25) is 5.95 Å². The lowest BCUT2D eigenvalue weighted by Gasteiger charge is -2.45. The highest BCUT2D eigenvalue weighted by Crippen LogP contribution is 2.47. The van der Waals surface area contributed by atoms with E-state index in [0.717, 1.165) is 10.6 Å². The minimum absolute atomic E-state index is 0.000539. The van der Waals surface area contributed by atoms with Crippen molar-refractivity contribution < 1.29 is 4.39 Å². The van der Waals surface area contributed by atoms with Crippen LogP contribution in [0.2, 0.25) is 4.34 Å². The third kappa shape index (κ3) is 2.70. The highest BCUT2D eigenvalue weighted by Gasteiger charge is 2.55. The normalized spacial score (nSPS) is 25.0. The zero-order valence-electron chi connectivity index (χ0n) is 15.3. The van der Waals surface area contributed by atoms with E-state index in [1.807, 2.05) is 24.1 Å². The van der Waals surface area contributed by atoms with Crippen molar-refractivity contribution in [2.24, 2.45) is 5.92 Å². The van der Waals surface area contributed by atoms with Gasteiger partial charge in [0.25, 0.3) is 0 Å². The van der Waals surface area contributed by atoms with Crippen LogP contribution in [0.15, 0.2) is 24.4 Å². The van der Waals surface area contributed by atoms with Crippen molar-refractivity contribution in [3.63, 3.8) is 0 Å². The molecule has 0 radical (unpaired) electrons. The number of nitrogens with zero attached hydrogens (tertiary/aromatic N) is 4. The van der Waals surface area contributed by atoms with Crippen molar-refractivity contribution in [3.05, 3.63) is 50.8 Å². The Labute approximate surface area is 166 Å². The second-order valence-corrected chi connectivity index (χ2v) is 8.76. The highest BCUT2D eigenvalue weighted by atomic mass is 35.5. The topological polar surface area (TPSA) is 68.1 Å². The Morgan fingerprint density at radius 3 is 2.63 bits per heavy atom. The van der Waals surface area contributed by atoms with Crippen molar-refractivity contribution in [2.45, 2.75) is 19.4 Å². The fourth-order valence-electron chi connectivity index (χ4n) is 3.89. The Balaban J connectivity index is 1.80. The smallest absolute Gasteiger partial charge is 0.226 e. The number of rotatable bonds is 2. The molecule has 9 heteroatoms. The molecule has 2 aromatic rings. The van der Waals surface area contributed by atoms with Gasteiger partial charge >= 0.3 is 0 Å². The first kappa shape index (κ1) is 18.2. The molecule has 4 rings (SSSR count). The van der Waals surface area contributed by atoms with Gasteiger partial charge in [-0.3, -0.25) is 5.41 Å². The molecule has 2 fully saturated rings. The van der Waals surface area contributed by atoms with Crippen molar-refractivity contribution in [3.8, 4) is 0 Å². The van der Waals surface area contributed by atoms with Crippen molar-refractivity contribution >= 4 is 34.8 Å². The molecule has 2 aliphatic rings. The summed E-state index contributed by atoms with van der Waals surface area (Å²) in [6, 6.07) is 3.86. The second kappa shape index (κ2) is 6.17. The molecule has 2 atom stereocenters. The molecule has 0 aromatic carbocycles. The summed E-state index contributed by atoms with van der Waals surface area (Å²) in [5, 5.41) is 11.7. The van der Waals surface area contributed by atoms with Crippen LogP contribution in [-0.2, 0) is 5.54 Å². The van der Waals surface area contributed by atoms with Gasteiger partial charge in [0, 0.05) is 36.6 Å². The minimum Gasteiger partial charge on any atom is -0.343 e. The van der Waals surface area contributed by atoms with E-state index in [2.05, 4.69) is 21.9 Å². The molecule has 2 aliphatic heterocycles. The Hall–Kier alpha value is -2.19. The fraction of sp³-hybridized carbons (Fsp3) is 0.389. The summed E-state index contributed by atoms with van der Waals surface area (Å²) in [5.41, 5.74) is 0.966. The van der Waals surface area contributed by atoms with Gasteiger partial charge in [-0.1, -0.05) is 18.2 Å². The highest BCUT2D eigenvalue weighted by molar-refractivity contribution is 7.16. The second-order valence-electron chi connectivity index (χ2n) is 7.04. The number of hydrogen-bond donors (Lipinski definition) is 2. The molecule has 2 saturated heterocycles. The minimum atomic E-state index is -0.544. The van der Waals surface area contributed by atoms with Gasteiger partial charge in [0.05, 0.1) is 15.7 Å². The summed E-state index contributed by atoms with van der Waals surface area (Å²) in [7, 11) is 1.83. The third-order valence-corrected chi connectivity index (χ3v) is 6.82. The molecule has 0 saturated carbocycles. The van der Waals surface area contributed by atoms with Crippen LogP contribution in [0, 0.1) is 31.0 Å². The van der Waals surface area contributed by atoms with Crippen LogP contribution in [0.3, 0.4) is 0 Å². The summed E-state index contributed by atoms with van der Waals surface area (Å²) in [6.07, 6.45) is 0. The maximum Gasteiger partial charge on any atom is 0.226 e. The molecule has 0 bridgehead atoms. The predicted octanol–water partition coefficient (Wildman–Crippen LogP) is 3.26. The van der Waals surface area contributed by atoms with Gasteiger partial charge in [0.1, 0.15) is 5.54 Å². The van der Waals surface area contributed by atoms with Gasteiger partial charge in [0.15, 0.2) is 11.8 Å². The maximum atomic E-state index is 14.0. The Morgan fingerprint density at radius 1 is 1.37 bits per heavy atom. The molecular formula is C18H20ClFN6S. The van der Waals surface area contributed by atoms with E-state index in [1.54, 1.807) is 18.7 Å². The number of guanidine groups is 1. The van der Waals surface area contributed by atoms with Gasteiger partial charge in [-0.25, -0.2) is 14.4 Å². The van der Waals surface area contributed by atoms with Crippen LogP contribution in [0.4, 0.5) is 10.3 Å². The quantitative estimate of drug-likeness (QED) is 0.801. The van der Waals surface area contributed by atoms with Crippen LogP contribution in [-0.4, -0.2) is 41.0 Å². The molecule has 0 aliphatic carbocycles. The zero-order chi connectivity index (χ0) is 19.5. The third-order valence-electron chi connectivity index (χ3n) is 5.41. The molecule has 6 nitrogen and oxygen atoms in total. The van der Waals surface area contributed by atoms with Crippen molar-refractivity contribution in [2.75, 3.05) is 25.0 Å². The van der Waals surface area contributed by atoms with Crippen molar-refractivity contribution in [1.29, 1.82) is 5.41 Å². The monoisotopic (exact) mass is 406 g/mol. The molecule has 0 unspecified atom stereocenters. The summed E-state index contributed by atoms with van der Waals surface area (Å²) in [4.78, 5) is 13.5. The van der Waals surface area contributed by atoms with E-state index in [1.165, 1.54) is 11.3 Å². The summed E-state index contributed by atoms with van der Waals surface area (Å²) in [6.45, 7) is 8.67. The lowest BCUT2D eigenvalue weighted by atomic mass is 9.81. The van der Waals surface area contributed by atoms with Crippen LogP contribution >= 0.6 is 22.9 Å². The van der Waals surface area contributed by atoms with Crippen LogP contribution in [0.5, 0.6) is 0 Å². The average Bonchev–Trinajstić information content (AvgIpc) is 3.22. The van der Waals surface area contributed by atoms with Crippen LogP contribution in [0.1, 0.15) is 16.3 Å². The van der Waals surface area contributed by atoms with E-state index in [-0.39, 0.29) is 17.7 Å². The van der Waals surface area contributed by atoms with E-state index in [0.29, 0.717) is 34.8 Å². The summed E-state index contributed by atoms with van der Waals surface area (Å²) in [5.74, 6) is 0.404. The number of nitrogens with one attached hydrogen (secondary N) is 2. The van der Waals surface area contributed by atoms with Crippen LogP contribution < -0.4 is 10.2 Å². The molecule has 27 heavy (non-hydrogen) atoms. The van der Waals surface area contributed by atoms with Crippen LogP contribution in [0.25, 0.3) is 0 Å². The number of fused-ring (bicyclic) bond motifs is 1. The molecule has 0 spiro atoms. The van der Waals surface area contributed by atoms with E-state index < -0.39 is 5.54 Å². The largest absolute Gasteiger partial charge is 0.343 e. The lowest BCUT2D eigenvalue weighted by Crippen LogP contribution is -2.60. The number of anilines is 1. The molecular weight excluding hydrogens is 387 g/mol. The Morgan fingerprint density at radius 2 is 2.04 bits per heavy atom. The standard InChI is InChI=1S/C18H20ClFN6S/c1-9-15(20)10(2)23-17(22-9)26-7-12-11(3)25(4)16(21)24-18(12,8-26)13-5-6-14(19)27-13/h5-6,12H,3,7-8H2,1-2,4H3,(H2,21,24)/t12-,18-/m0/s1. The first-order valence-corrected chi connectivity index (χ1v) is 9.73. The van der Waals surface area contributed by atoms with Crippen molar-refractivity contribution in [1.82, 2.24) is 20.2 Å². The predicted molar refractivity (Wildman–Crippen MR) is 106 cm³/mol. The van der Waals surface area contributed by atoms with E-state index in [9.17, 15) is 4.39 Å². The molecule has 2 aromatic heterocycles. The lowest BCUT2D eigenvalue weighted by molar-refractivity contribution is 0.274. The molecule has 4 heterocycles. The molecule has 2 N–H and O–H groups in total. The Bertz CT molecular complexity index is 936. The SMILES string of the molecule is C=C1[C@@H]2CN(c3nc(C)c(F)c(C)n3)C[C@]2(c2ccc(Cl)s2)NC(=N)N1C. The first-order chi connectivity index (χ1) is 12.7. The van der Waals surface area contributed by atoms with Gasteiger partial charge in [-0.05, 0) is 26.0 Å². The number of thiophene rings is 1. The van der Waals surface area contributed by atoms with E-state index in [4.69, 9.17) is 17.0 Å². The van der Waals surface area contributed by atoms with E-state index >= 15 is 0 Å². The van der Waals surface area contributed by atoms with Gasteiger partial charge < -0.3 is 15.1 Å². The maximum absolute atomic E-state index is 14.0. The van der Waals surface area contributed by atoms with Gasteiger partial charge in [-0.2, -0.15) is 0 Å². The first-order valence-electron chi connectivity index (χ1n) is 8.53. The Kier molecular flexibility index (Phi) is 4.16.